The van der Waals surface area contributed by atoms with Crippen molar-refractivity contribution in [2.45, 2.75) is 32.0 Å². The summed E-state index contributed by atoms with van der Waals surface area (Å²) in [6, 6.07) is 9.81. The zero-order valence-corrected chi connectivity index (χ0v) is 17.3. The predicted octanol–water partition coefficient (Wildman–Crippen LogP) is 3.06. The predicted molar refractivity (Wildman–Crippen MR) is 110 cm³/mol. The highest BCUT2D eigenvalue weighted by Crippen LogP contribution is 2.27. The van der Waals surface area contributed by atoms with Gasteiger partial charge in [-0.1, -0.05) is 12.1 Å². The van der Waals surface area contributed by atoms with E-state index >= 15 is 0 Å². The van der Waals surface area contributed by atoms with Crippen LogP contribution in [0.5, 0.6) is 11.5 Å². The van der Waals surface area contributed by atoms with Crippen LogP contribution >= 0.6 is 11.3 Å². The molecular formula is C21H28N2O4S. The third-order valence-corrected chi connectivity index (χ3v) is 5.61. The Morgan fingerprint density at radius 2 is 2.14 bits per heavy atom. The van der Waals surface area contributed by atoms with E-state index in [1.165, 1.54) is 4.88 Å². The minimum absolute atomic E-state index is 0.00402. The molecule has 0 spiro atoms. The van der Waals surface area contributed by atoms with Gasteiger partial charge in [-0.2, -0.15) is 0 Å². The van der Waals surface area contributed by atoms with Crippen LogP contribution in [-0.4, -0.2) is 50.8 Å². The Labute approximate surface area is 170 Å². The van der Waals surface area contributed by atoms with Crippen molar-refractivity contribution >= 4 is 17.2 Å². The van der Waals surface area contributed by atoms with Crippen molar-refractivity contribution in [2.75, 3.05) is 33.9 Å². The van der Waals surface area contributed by atoms with E-state index in [-0.39, 0.29) is 12.0 Å². The fourth-order valence-electron chi connectivity index (χ4n) is 3.33. The number of nitrogens with one attached hydrogen (secondary N) is 1. The quantitative estimate of drug-likeness (QED) is 0.660. The van der Waals surface area contributed by atoms with E-state index in [0.29, 0.717) is 24.6 Å². The van der Waals surface area contributed by atoms with Crippen LogP contribution in [0.1, 0.15) is 23.3 Å². The highest BCUT2D eigenvalue weighted by atomic mass is 32.1. The van der Waals surface area contributed by atoms with Crippen LogP contribution in [0.2, 0.25) is 0 Å². The molecule has 2 aromatic rings. The average Bonchev–Trinajstić information content (AvgIpc) is 3.40. The van der Waals surface area contributed by atoms with Crippen LogP contribution in [-0.2, 0) is 22.6 Å². The van der Waals surface area contributed by atoms with Crippen LogP contribution in [0, 0.1) is 0 Å². The van der Waals surface area contributed by atoms with Gasteiger partial charge in [-0.25, -0.2) is 0 Å². The topological polar surface area (TPSA) is 60.0 Å². The zero-order chi connectivity index (χ0) is 19.8. The molecule has 0 unspecified atom stereocenters. The number of carbonyl (C=O) groups excluding carboxylic acids is 1. The molecule has 152 valence electrons. The van der Waals surface area contributed by atoms with Crippen LogP contribution in [0.3, 0.4) is 0 Å². The molecule has 1 aromatic heterocycles. The third-order valence-electron chi connectivity index (χ3n) is 4.75. The molecule has 0 radical (unpaired) electrons. The summed E-state index contributed by atoms with van der Waals surface area (Å²) in [5.41, 5.74) is 0.968. The highest BCUT2D eigenvalue weighted by Gasteiger charge is 2.21. The van der Waals surface area contributed by atoms with E-state index in [1.54, 1.807) is 25.6 Å². The summed E-state index contributed by atoms with van der Waals surface area (Å²) in [6.07, 6.45) is 2.38. The van der Waals surface area contributed by atoms with Gasteiger partial charge in [-0.15, -0.1) is 11.3 Å². The van der Waals surface area contributed by atoms with E-state index in [0.717, 1.165) is 38.1 Å². The van der Waals surface area contributed by atoms with Gasteiger partial charge < -0.3 is 19.5 Å². The van der Waals surface area contributed by atoms with Gasteiger partial charge in [0.2, 0.25) is 5.91 Å². The Kier molecular flexibility index (Phi) is 7.71. The van der Waals surface area contributed by atoms with Crippen molar-refractivity contribution in [1.29, 1.82) is 0 Å². The van der Waals surface area contributed by atoms with Gasteiger partial charge in [-0.3, -0.25) is 9.69 Å². The van der Waals surface area contributed by atoms with Gasteiger partial charge in [0.25, 0.3) is 0 Å². The summed E-state index contributed by atoms with van der Waals surface area (Å²) in [6.45, 7) is 3.17. The normalized spacial score (nSPS) is 16.3. The van der Waals surface area contributed by atoms with Gasteiger partial charge in [0.05, 0.1) is 26.9 Å². The lowest BCUT2D eigenvalue weighted by atomic mass is 10.2. The molecule has 28 heavy (non-hydrogen) atoms. The van der Waals surface area contributed by atoms with Crippen LogP contribution in [0.15, 0.2) is 35.7 Å². The Bertz CT molecular complexity index is 745. The Morgan fingerprint density at radius 3 is 2.82 bits per heavy atom. The Balaban J connectivity index is 1.55. The van der Waals surface area contributed by atoms with Crippen molar-refractivity contribution in [1.82, 2.24) is 10.2 Å². The van der Waals surface area contributed by atoms with Crippen LogP contribution in [0.4, 0.5) is 0 Å². The molecule has 2 heterocycles. The van der Waals surface area contributed by atoms with E-state index in [1.807, 2.05) is 24.3 Å². The number of methoxy groups -OCH3 is 2. The molecule has 0 bridgehead atoms. The summed E-state index contributed by atoms with van der Waals surface area (Å²) < 4.78 is 16.3. The molecule has 1 aliphatic heterocycles. The number of benzene rings is 1. The summed E-state index contributed by atoms with van der Waals surface area (Å²) in [7, 11) is 3.21. The monoisotopic (exact) mass is 404 g/mol. The van der Waals surface area contributed by atoms with E-state index in [9.17, 15) is 4.79 Å². The Hall–Kier alpha value is -2.09. The van der Waals surface area contributed by atoms with E-state index in [4.69, 9.17) is 14.2 Å². The average molecular weight is 405 g/mol. The van der Waals surface area contributed by atoms with E-state index in [2.05, 4.69) is 21.7 Å². The summed E-state index contributed by atoms with van der Waals surface area (Å²) in [4.78, 5) is 16.0. The maximum atomic E-state index is 12.6. The number of amides is 1. The van der Waals surface area contributed by atoms with Crippen molar-refractivity contribution < 1.29 is 19.0 Å². The molecule has 0 aliphatic carbocycles. The number of hydrogen-bond acceptors (Lipinski definition) is 6. The lowest BCUT2D eigenvalue weighted by Crippen LogP contribution is -2.40. The first-order chi connectivity index (χ1) is 13.7. The van der Waals surface area contributed by atoms with Gasteiger partial charge in [-0.05, 0) is 42.0 Å². The minimum Gasteiger partial charge on any atom is -0.493 e. The van der Waals surface area contributed by atoms with Gasteiger partial charge >= 0.3 is 0 Å². The van der Waals surface area contributed by atoms with Gasteiger partial charge in [0.15, 0.2) is 11.5 Å². The standard InChI is InChI=1S/C21H28N2O4S/c1-25-19-8-7-16(11-20(19)26-2)12-22-21(24)15-23(13-17-5-3-9-27-17)14-18-6-4-10-28-18/h4,6-8,10-11,17H,3,5,9,12-15H2,1-2H3,(H,22,24)/t17-/m1/s1. The molecule has 1 amide bonds. The SMILES string of the molecule is COc1ccc(CNC(=O)CN(Cc2cccs2)C[C@H]2CCCO2)cc1OC. The number of hydrogen-bond donors (Lipinski definition) is 1. The van der Waals surface area contributed by atoms with Crippen molar-refractivity contribution in [3.8, 4) is 11.5 Å². The fourth-order valence-corrected chi connectivity index (χ4v) is 4.08. The molecule has 7 heteroatoms. The largest absolute Gasteiger partial charge is 0.493 e. The maximum absolute atomic E-state index is 12.6. The molecule has 1 N–H and O–H groups in total. The molecule has 0 saturated carbocycles. The number of ether oxygens (including phenoxy) is 3. The van der Waals surface area contributed by atoms with Crippen molar-refractivity contribution in [3.63, 3.8) is 0 Å². The zero-order valence-electron chi connectivity index (χ0n) is 16.5. The number of thiophene rings is 1. The lowest BCUT2D eigenvalue weighted by Gasteiger charge is -2.24. The number of carbonyl (C=O) groups is 1. The number of nitrogens with zero attached hydrogens (tertiary/aromatic N) is 1. The third kappa shape index (κ3) is 5.95. The van der Waals surface area contributed by atoms with Crippen molar-refractivity contribution in [3.05, 3.63) is 46.2 Å². The lowest BCUT2D eigenvalue weighted by molar-refractivity contribution is -0.122. The fraction of sp³-hybridized carbons (Fsp3) is 0.476. The van der Waals surface area contributed by atoms with Crippen LogP contribution in [0.25, 0.3) is 0 Å². The first-order valence-corrected chi connectivity index (χ1v) is 10.4. The Morgan fingerprint density at radius 1 is 1.29 bits per heavy atom. The summed E-state index contributed by atoms with van der Waals surface area (Å²) >= 11 is 1.71. The van der Waals surface area contributed by atoms with Crippen molar-refractivity contribution in [2.24, 2.45) is 0 Å². The highest BCUT2D eigenvalue weighted by molar-refractivity contribution is 7.09. The smallest absolute Gasteiger partial charge is 0.234 e. The summed E-state index contributed by atoms with van der Waals surface area (Å²) in [5.74, 6) is 1.34. The molecule has 1 aromatic carbocycles. The molecule has 1 aliphatic rings. The maximum Gasteiger partial charge on any atom is 0.234 e. The first kappa shape index (κ1) is 20.6. The van der Waals surface area contributed by atoms with Gasteiger partial charge in [0.1, 0.15) is 0 Å². The second kappa shape index (κ2) is 10.5. The molecule has 1 saturated heterocycles. The minimum atomic E-state index is 0.00402. The second-order valence-electron chi connectivity index (χ2n) is 6.85. The molecule has 1 atom stereocenters. The van der Waals surface area contributed by atoms with Crippen LogP contribution < -0.4 is 14.8 Å². The van der Waals surface area contributed by atoms with Gasteiger partial charge in [0, 0.05) is 31.1 Å². The second-order valence-corrected chi connectivity index (χ2v) is 7.88. The van der Waals surface area contributed by atoms with E-state index < -0.39 is 0 Å². The summed E-state index contributed by atoms with van der Waals surface area (Å²) in [5, 5.41) is 5.07. The molecule has 6 nitrogen and oxygen atoms in total. The first-order valence-electron chi connectivity index (χ1n) is 9.52. The molecule has 1 fully saturated rings. The molecule has 3 rings (SSSR count). The number of rotatable bonds is 10. The molecular weight excluding hydrogens is 376 g/mol.